The molecule has 0 unspecified atom stereocenters. The summed E-state index contributed by atoms with van der Waals surface area (Å²) >= 11 is 5.99. The normalized spacial score (nSPS) is 11.0. The number of benzene rings is 2. The third-order valence-electron chi connectivity index (χ3n) is 2.91. The number of nitrogens with zero attached hydrogens (tertiary/aromatic N) is 2. The van der Waals surface area contributed by atoms with Gasteiger partial charge < -0.3 is 5.11 Å². The Morgan fingerprint density at radius 2 is 1.94 bits per heavy atom. The Kier molecular flexibility index (Phi) is 2.49. The summed E-state index contributed by atoms with van der Waals surface area (Å²) in [7, 11) is 0. The van der Waals surface area contributed by atoms with Gasteiger partial charge in [-0.1, -0.05) is 23.7 Å². The first-order valence-corrected chi connectivity index (χ1v) is 5.98. The molecule has 4 heteroatoms. The molecule has 3 rings (SSSR count). The fourth-order valence-corrected chi connectivity index (χ4v) is 2.32. The van der Waals surface area contributed by atoms with Crippen LogP contribution in [0.15, 0.2) is 42.5 Å². The molecular formula is C14H11ClN2O. The Bertz CT molecular complexity index is 734. The number of halogens is 1. The van der Waals surface area contributed by atoms with Crippen LogP contribution >= 0.6 is 11.6 Å². The summed E-state index contributed by atoms with van der Waals surface area (Å²) < 4.78 is 1.79. The number of phenolic OH excluding ortho intramolecular Hbond substituents is 1. The minimum Gasteiger partial charge on any atom is -0.507 e. The molecule has 1 heterocycles. The maximum atomic E-state index is 9.89. The van der Waals surface area contributed by atoms with Crippen LogP contribution in [-0.4, -0.2) is 14.9 Å². The Morgan fingerprint density at radius 1 is 1.17 bits per heavy atom. The van der Waals surface area contributed by atoms with E-state index in [0.29, 0.717) is 5.02 Å². The van der Waals surface area contributed by atoms with Crippen LogP contribution in [0, 0.1) is 6.92 Å². The molecule has 2 aromatic carbocycles. The number of aromatic nitrogens is 2. The van der Waals surface area contributed by atoms with Gasteiger partial charge in [0.25, 0.3) is 0 Å². The van der Waals surface area contributed by atoms with Gasteiger partial charge in [-0.3, -0.25) is 0 Å². The van der Waals surface area contributed by atoms with Crippen LogP contribution < -0.4 is 0 Å². The van der Waals surface area contributed by atoms with E-state index in [-0.39, 0.29) is 5.75 Å². The topological polar surface area (TPSA) is 38.0 Å². The summed E-state index contributed by atoms with van der Waals surface area (Å²) in [5.74, 6) is 0.248. The van der Waals surface area contributed by atoms with Crippen molar-refractivity contribution in [1.82, 2.24) is 9.78 Å². The number of hydrogen-bond donors (Lipinski definition) is 1. The van der Waals surface area contributed by atoms with Crippen molar-refractivity contribution in [1.29, 1.82) is 0 Å². The van der Waals surface area contributed by atoms with Gasteiger partial charge in [-0.15, -0.1) is 0 Å². The molecule has 0 radical (unpaired) electrons. The second-order valence-electron chi connectivity index (χ2n) is 4.15. The van der Waals surface area contributed by atoms with Crippen molar-refractivity contribution in [3.8, 4) is 11.4 Å². The Labute approximate surface area is 109 Å². The van der Waals surface area contributed by atoms with E-state index in [0.717, 1.165) is 22.3 Å². The molecule has 0 bridgehead atoms. The Hall–Kier alpha value is -2.00. The van der Waals surface area contributed by atoms with Crippen molar-refractivity contribution in [3.05, 3.63) is 53.2 Å². The third-order valence-corrected chi connectivity index (χ3v) is 3.15. The van der Waals surface area contributed by atoms with Crippen molar-refractivity contribution in [2.45, 2.75) is 6.92 Å². The number of aromatic hydroxyl groups is 1. The highest BCUT2D eigenvalue weighted by Gasteiger charge is 2.11. The first kappa shape index (κ1) is 11.1. The molecular weight excluding hydrogens is 248 g/mol. The van der Waals surface area contributed by atoms with Crippen molar-refractivity contribution in [3.63, 3.8) is 0 Å². The lowest BCUT2D eigenvalue weighted by Crippen LogP contribution is -1.95. The van der Waals surface area contributed by atoms with Crippen molar-refractivity contribution >= 4 is 22.5 Å². The number of aryl methyl sites for hydroxylation is 1. The highest BCUT2D eigenvalue weighted by atomic mass is 35.5. The molecule has 1 N–H and O–H groups in total. The monoisotopic (exact) mass is 258 g/mol. The van der Waals surface area contributed by atoms with Gasteiger partial charge >= 0.3 is 0 Å². The standard InChI is InChI=1S/C14H11ClN2O/c1-9-14-12(6-3-7-13(14)18)17(16-9)11-5-2-4-10(15)8-11/h2-8,18H,1H3. The number of hydrogen-bond acceptors (Lipinski definition) is 2. The molecule has 0 amide bonds. The molecule has 0 spiro atoms. The molecule has 0 fully saturated rings. The molecule has 3 nitrogen and oxygen atoms in total. The third kappa shape index (κ3) is 1.64. The van der Waals surface area contributed by atoms with Gasteiger partial charge in [-0.2, -0.15) is 5.10 Å². The zero-order valence-electron chi connectivity index (χ0n) is 9.76. The van der Waals surface area contributed by atoms with Crippen molar-refractivity contribution in [2.75, 3.05) is 0 Å². The maximum absolute atomic E-state index is 9.89. The van der Waals surface area contributed by atoms with Gasteiger partial charge in [0, 0.05) is 5.02 Å². The van der Waals surface area contributed by atoms with Gasteiger partial charge in [-0.05, 0) is 37.3 Å². The summed E-state index contributed by atoms with van der Waals surface area (Å²) in [6.45, 7) is 1.88. The quantitative estimate of drug-likeness (QED) is 0.723. The van der Waals surface area contributed by atoms with Crippen LogP contribution in [0.1, 0.15) is 5.69 Å². The first-order valence-electron chi connectivity index (χ1n) is 5.60. The summed E-state index contributed by atoms with van der Waals surface area (Å²) in [4.78, 5) is 0. The van der Waals surface area contributed by atoms with Crippen LogP contribution in [0.25, 0.3) is 16.6 Å². The molecule has 3 aromatic rings. The van der Waals surface area contributed by atoms with Gasteiger partial charge in [0.05, 0.1) is 22.3 Å². The number of fused-ring (bicyclic) bond motifs is 1. The number of rotatable bonds is 1. The molecule has 0 atom stereocenters. The molecule has 0 aliphatic carbocycles. The van der Waals surface area contributed by atoms with E-state index in [1.165, 1.54) is 0 Å². The zero-order chi connectivity index (χ0) is 12.7. The molecule has 18 heavy (non-hydrogen) atoms. The number of phenols is 1. The van der Waals surface area contributed by atoms with Gasteiger partial charge in [-0.25, -0.2) is 4.68 Å². The molecule has 0 aliphatic rings. The van der Waals surface area contributed by atoms with Crippen LogP contribution in [0.5, 0.6) is 5.75 Å². The highest BCUT2D eigenvalue weighted by molar-refractivity contribution is 6.30. The largest absolute Gasteiger partial charge is 0.507 e. The average molecular weight is 259 g/mol. The summed E-state index contributed by atoms with van der Waals surface area (Å²) in [5.41, 5.74) is 2.55. The van der Waals surface area contributed by atoms with Crippen LogP contribution in [0.3, 0.4) is 0 Å². The predicted octanol–water partition coefficient (Wildman–Crippen LogP) is 3.69. The van der Waals surface area contributed by atoms with E-state index in [1.54, 1.807) is 16.8 Å². The van der Waals surface area contributed by atoms with E-state index in [2.05, 4.69) is 5.10 Å². The van der Waals surface area contributed by atoms with Crippen LogP contribution in [0.4, 0.5) is 0 Å². The Morgan fingerprint density at radius 3 is 2.72 bits per heavy atom. The van der Waals surface area contributed by atoms with E-state index < -0.39 is 0 Å². The fourth-order valence-electron chi connectivity index (χ4n) is 2.13. The molecule has 0 saturated carbocycles. The average Bonchev–Trinajstić information content (AvgIpc) is 2.68. The Balaban J connectivity index is 2.34. The summed E-state index contributed by atoms with van der Waals surface area (Å²) in [6.07, 6.45) is 0. The van der Waals surface area contributed by atoms with Crippen LogP contribution in [0.2, 0.25) is 5.02 Å². The summed E-state index contributed by atoms with van der Waals surface area (Å²) in [6, 6.07) is 12.9. The lowest BCUT2D eigenvalue weighted by atomic mass is 10.2. The minimum absolute atomic E-state index is 0.248. The lowest BCUT2D eigenvalue weighted by Gasteiger charge is -2.03. The summed E-state index contributed by atoms with van der Waals surface area (Å²) in [5, 5.41) is 15.8. The smallest absolute Gasteiger partial charge is 0.126 e. The van der Waals surface area contributed by atoms with E-state index in [9.17, 15) is 5.11 Å². The second kappa shape index (κ2) is 4.03. The molecule has 0 saturated heterocycles. The first-order chi connectivity index (χ1) is 8.66. The van der Waals surface area contributed by atoms with Crippen molar-refractivity contribution < 1.29 is 5.11 Å². The van der Waals surface area contributed by atoms with Crippen LogP contribution in [-0.2, 0) is 0 Å². The minimum atomic E-state index is 0.248. The molecule has 1 aromatic heterocycles. The molecule has 0 aliphatic heterocycles. The molecule has 90 valence electrons. The van der Waals surface area contributed by atoms with Gasteiger partial charge in [0.15, 0.2) is 0 Å². The maximum Gasteiger partial charge on any atom is 0.126 e. The van der Waals surface area contributed by atoms with Crippen molar-refractivity contribution in [2.24, 2.45) is 0 Å². The predicted molar refractivity (Wildman–Crippen MR) is 72.5 cm³/mol. The zero-order valence-corrected chi connectivity index (χ0v) is 10.5. The SMILES string of the molecule is Cc1nn(-c2cccc(Cl)c2)c2cccc(O)c12. The van der Waals surface area contributed by atoms with Gasteiger partial charge in [0.1, 0.15) is 5.75 Å². The van der Waals surface area contributed by atoms with E-state index in [4.69, 9.17) is 11.6 Å². The fraction of sp³-hybridized carbons (Fsp3) is 0.0714. The van der Waals surface area contributed by atoms with Gasteiger partial charge in [0.2, 0.25) is 0 Å². The highest BCUT2D eigenvalue weighted by Crippen LogP contribution is 2.29. The second-order valence-corrected chi connectivity index (χ2v) is 4.58. The lowest BCUT2D eigenvalue weighted by molar-refractivity contribution is 0.481. The van der Waals surface area contributed by atoms with E-state index >= 15 is 0 Å². The van der Waals surface area contributed by atoms with E-state index in [1.807, 2.05) is 37.3 Å².